The van der Waals surface area contributed by atoms with Crippen LogP contribution in [-0.2, 0) is 12.8 Å². The van der Waals surface area contributed by atoms with E-state index in [1.807, 2.05) is 12.4 Å². The molecule has 2 atom stereocenters. The summed E-state index contributed by atoms with van der Waals surface area (Å²) in [7, 11) is 0. The van der Waals surface area contributed by atoms with E-state index in [0.29, 0.717) is 5.41 Å². The van der Waals surface area contributed by atoms with Crippen molar-refractivity contribution in [1.29, 1.82) is 0 Å². The Bertz CT molecular complexity index is 1680. The molecular weight excluding hydrogens is 504 g/mol. The third-order valence-electron chi connectivity index (χ3n) is 9.88. The first kappa shape index (κ1) is 25.0. The molecule has 1 saturated carbocycles. The Balaban J connectivity index is 1.12. The van der Waals surface area contributed by atoms with Gasteiger partial charge in [0.15, 0.2) is 0 Å². The number of hydrogen-bond donors (Lipinski definition) is 4. The summed E-state index contributed by atoms with van der Waals surface area (Å²) < 4.78 is 0. The van der Waals surface area contributed by atoms with Crippen molar-refractivity contribution in [2.45, 2.75) is 64.5 Å². The minimum absolute atomic E-state index is 0.174. The SMILES string of the molecule is CC1=CC(c2ncc(-c3ccc(-c4ccc(-c5cnc([C@@H]6C=C(C)CN6)[nH]5)cc4)c4c3CC3(CCCC3)C4)[nH]2)NC1. The smallest absolute Gasteiger partial charge is 0.127 e. The summed E-state index contributed by atoms with van der Waals surface area (Å²) in [5, 5.41) is 7.04. The lowest BCUT2D eigenvalue weighted by Crippen LogP contribution is -2.16. The van der Waals surface area contributed by atoms with Crippen molar-refractivity contribution in [3.05, 3.63) is 94.9 Å². The topological polar surface area (TPSA) is 81.4 Å². The highest BCUT2D eigenvalue weighted by molar-refractivity contribution is 5.78. The number of aromatic amines is 2. The molecule has 208 valence electrons. The van der Waals surface area contributed by atoms with Crippen LogP contribution in [0.2, 0.25) is 0 Å². The average Bonchev–Trinajstić information content (AvgIpc) is 3.82. The van der Waals surface area contributed by atoms with E-state index in [4.69, 9.17) is 4.98 Å². The minimum Gasteiger partial charge on any atom is -0.340 e. The fraction of sp³-hybridized carbons (Fsp3) is 0.371. The van der Waals surface area contributed by atoms with Crippen LogP contribution in [0.25, 0.3) is 33.6 Å². The minimum atomic E-state index is 0.174. The number of imidazole rings is 2. The Morgan fingerprint density at radius 1 is 0.659 bits per heavy atom. The monoisotopic (exact) mass is 542 g/mol. The van der Waals surface area contributed by atoms with Gasteiger partial charge in [0.05, 0.1) is 35.9 Å². The number of rotatable bonds is 5. The number of benzene rings is 2. The molecule has 2 aliphatic carbocycles. The molecule has 1 fully saturated rings. The molecule has 0 amide bonds. The predicted molar refractivity (Wildman–Crippen MR) is 164 cm³/mol. The maximum Gasteiger partial charge on any atom is 0.127 e. The summed E-state index contributed by atoms with van der Waals surface area (Å²) in [6.07, 6.45) is 16.3. The molecule has 8 rings (SSSR count). The fourth-order valence-electron chi connectivity index (χ4n) is 7.71. The maximum atomic E-state index is 4.80. The fourth-order valence-corrected chi connectivity index (χ4v) is 7.71. The number of nitrogens with zero attached hydrogens (tertiary/aromatic N) is 2. The van der Waals surface area contributed by atoms with Crippen molar-refractivity contribution < 1.29 is 0 Å². The zero-order chi connectivity index (χ0) is 27.6. The Morgan fingerprint density at radius 3 is 1.80 bits per heavy atom. The Kier molecular flexibility index (Phi) is 5.90. The first-order valence-corrected chi connectivity index (χ1v) is 15.2. The molecule has 1 unspecified atom stereocenters. The van der Waals surface area contributed by atoms with Gasteiger partial charge in [-0.1, -0.05) is 72.5 Å². The molecular formula is C35H38N6. The van der Waals surface area contributed by atoms with E-state index in [1.54, 1.807) is 5.56 Å². The summed E-state index contributed by atoms with van der Waals surface area (Å²) in [4.78, 5) is 16.7. The summed E-state index contributed by atoms with van der Waals surface area (Å²) in [5.41, 5.74) is 13.6. The molecule has 4 N–H and O–H groups in total. The maximum absolute atomic E-state index is 4.80. The number of H-pyrrole nitrogens is 2. The van der Waals surface area contributed by atoms with Crippen molar-refractivity contribution in [2.75, 3.05) is 13.1 Å². The van der Waals surface area contributed by atoms with Crippen molar-refractivity contribution >= 4 is 0 Å². The van der Waals surface area contributed by atoms with Crippen LogP contribution in [0, 0.1) is 5.41 Å². The zero-order valence-electron chi connectivity index (χ0n) is 24.0. The van der Waals surface area contributed by atoms with Gasteiger partial charge in [0.2, 0.25) is 0 Å². The molecule has 4 aromatic rings. The van der Waals surface area contributed by atoms with Gasteiger partial charge in [0, 0.05) is 18.7 Å². The van der Waals surface area contributed by atoms with Crippen LogP contribution >= 0.6 is 0 Å². The normalized spacial score (nSPS) is 22.9. The van der Waals surface area contributed by atoms with Crippen LogP contribution in [0.3, 0.4) is 0 Å². The largest absolute Gasteiger partial charge is 0.340 e. The van der Waals surface area contributed by atoms with Gasteiger partial charge in [-0.05, 0) is 72.8 Å². The van der Waals surface area contributed by atoms with Gasteiger partial charge in [-0.2, -0.15) is 0 Å². The Hall–Kier alpha value is -3.74. The molecule has 2 aromatic carbocycles. The molecule has 2 aliphatic heterocycles. The summed E-state index contributed by atoms with van der Waals surface area (Å²) in [6.45, 7) is 6.19. The molecule has 4 aliphatic rings. The van der Waals surface area contributed by atoms with Crippen LogP contribution in [0.15, 0.2) is 72.1 Å². The second-order valence-electron chi connectivity index (χ2n) is 12.9. The molecule has 0 bridgehead atoms. The van der Waals surface area contributed by atoms with Gasteiger partial charge in [-0.3, -0.25) is 0 Å². The lowest BCUT2D eigenvalue weighted by Gasteiger charge is -2.22. The van der Waals surface area contributed by atoms with E-state index in [9.17, 15) is 0 Å². The molecule has 0 radical (unpaired) electrons. The number of hydrogen-bond acceptors (Lipinski definition) is 4. The lowest BCUT2D eigenvalue weighted by molar-refractivity contribution is 0.318. The van der Waals surface area contributed by atoms with Crippen molar-refractivity contribution in [3.8, 4) is 33.6 Å². The lowest BCUT2D eigenvalue weighted by atomic mass is 9.82. The van der Waals surface area contributed by atoms with Gasteiger partial charge >= 0.3 is 0 Å². The third-order valence-corrected chi connectivity index (χ3v) is 9.88. The molecule has 41 heavy (non-hydrogen) atoms. The first-order chi connectivity index (χ1) is 20.0. The van der Waals surface area contributed by atoms with Crippen LogP contribution in [0.4, 0.5) is 0 Å². The predicted octanol–water partition coefficient (Wildman–Crippen LogP) is 6.97. The third kappa shape index (κ3) is 4.41. The van der Waals surface area contributed by atoms with Crippen LogP contribution in [0.1, 0.15) is 74.4 Å². The molecule has 0 saturated heterocycles. The van der Waals surface area contributed by atoms with Gasteiger partial charge in [0.25, 0.3) is 0 Å². The van der Waals surface area contributed by atoms with Crippen molar-refractivity contribution in [1.82, 2.24) is 30.6 Å². The van der Waals surface area contributed by atoms with E-state index < -0.39 is 0 Å². The Labute approximate surface area is 241 Å². The summed E-state index contributed by atoms with van der Waals surface area (Å²) >= 11 is 0. The van der Waals surface area contributed by atoms with Crippen LogP contribution in [-0.4, -0.2) is 33.0 Å². The zero-order valence-corrected chi connectivity index (χ0v) is 24.0. The summed E-state index contributed by atoms with van der Waals surface area (Å²) in [6, 6.07) is 14.1. The highest BCUT2D eigenvalue weighted by Crippen LogP contribution is 2.53. The number of nitrogens with one attached hydrogen (secondary N) is 4. The van der Waals surface area contributed by atoms with E-state index in [0.717, 1.165) is 36.1 Å². The van der Waals surface area contributed by atoms with E-state index in [1.165, 1.54) is 77.5 Å². The van der Waals surface area contributed by atoms with E-state index >= 15 is 0 Å². The highest BCUT2D eigenvalue weighted by Gasteiger charge is 2.41. The summed E-state index contributed by atoms with van der Waals surface area (Å²) in [5.74, 6) is 1.99. The van der Waals surface area contributed by atoms with Gasteiger partial charge in [0.1, 0.15) is 11.6 Å². The van der Waals surface area contributed by atoms with Gasteiger partial charge in [-0.15, -0.1) is 0 Å². The molecule has 6 nitrogen and oxygen atoms in total. The first-order valence-electron chi connectivity index (χ1n) is 15.2. The second kappa shape index (κ2) is 9.68. The van der Waals surface area contributed by atoms with Crippen LogP contribution in [0.5, 0.6) is 0 Å². The number of fused-ring (bicyclic) bond motifs is 1. The average molecular weight is 543 g/mol. The standard InChI is InChI=1S/C35H38N6/c1-21-13-29(36-17-21)33-38-19-31(40-33)24-7-5-23(6-8-24)25-9-10-26(28-16-35(15-27(25)28)11-3-4-12-35)32-20-39-34(41-32)30-14-22(2)18-37-30/h5-10,13-14,19-20,29-30,36-37H,3-4,11-12,15-18H2,1-2H3,(H,38,40)(H,39,41)/t29-,30?/m0/s1. The molecule has 6 heteroatoms. The van der Waals surface area contributed by atoms with Crippen LogP contribution < -0.4 is 10.6 Å². The van der Waals surface area contributed by atoms with Crippen molar-refractivity contribution in [2.24, 2.45) is 5.41 Å². The number of aromatic nitrogens is 4. The van der Waals surface area contributed by atoms with Crippen molar-refractivity contribution in [3.63, 3.8) is 0 Å². The molecule has 4 heterocycles. The van der Waals surface area contributed by atoms with Gasteiger partial charge in [-0.25, -0.2) is 9.97 Å². The van der Waals surface area contributed by atoms with E-state index in [-0.39, 0.29) is 12.1 Å². The molecule has 1 spiro atoms. The Morgan fingerprint density at radius 2 is 1.20 bits per heavy atom. The second-order valence-corrected chi connectivity index (χ2v) is 12.9. The van der Waals surface area contributed by atoms with Gasteiger partial charge < -0.3 is 20.6 Å². The quantitative estimate of drug-likeness (QED) is 0.205. The highest BCUT2D eigenvalue weighted by atomic mass is 15.0. The molecule has 2 aromatic heterocycles. The van der Waals surface area contributed by atoms with E-state index in [2.05, 4.69) is 88.0 Å².